The number of benzene rings is 2. The first-order chi connectivity index (χ1) is 18.5. The molecule has 5 heteroatoms. The van der Waals surface area contributed by atoms with Gasteiger partial charge in [0.15, 0.2) is 0 Å². The highest BCUT2D eigenvalue weighted by Crippen LogP contribution is 2.32. The summed E-state index contributed by atoms with van der Waals surface area (Å²) < 4.78 is 0. The third-order valence-corrected chi connectivity index (χ3v) is 8.15. The van der Waals surface area contributed by atoms with Crippen molar-refractivity contribution >= 4 is 11.5 Å². The molecule has 4 N–H and O–H groups in total. The molecule has 0 aliphatic carbocycles. The van der Waals surface area contributed by atoms with E-state index in [-0.39, 0.29) is 0 Å². The van der Waals surface area contributed by atoms with Gasteiger partial charge in [-0.3, -0.25) is 4.90 Å². The lowest BCUT2D eigenvalue weighted by Gasteiger charge is -2.39. The molecule has 0 amide bonds. The van der Waals surface area contributed by atoms with Crippen molar-refractivity contribution in [1.29, 1.82) is 0 Å². The Morgan fingerprint density at radius 3 is 2.24 bits per heavy atom. The number of aromatic nitrogens is 1. The molecule has 1 atom stereocenters. The molecule has 2 aromatic carbocycles. The van der Waals surface area contributed by atoms with E-state index in [9.17, 15) is 0 Å². The third-order valence-electron chi connectivity index (χ3n) is 8.15. The van der Waals surface area contributed by atoms with E-state index >= 15 is 0 Å². The first kappa shape index (κ1) is 28.1. The molecular formula is C33H47N5. The van der Waals surface area contributed by atoms with E-state index in [4.69, 9.17) is 11.5 Å². The lowest BCUT2D eigenvalue weighted by Crippen LogP contribution is -2.49. The molecule has 0 saturated carbocycles. The van der Waals surface area contributed by atoms with Crippen LogP contribution in [-0.2, 0) is 13.0 Å². The summed E-state index contributed by atoms with van der Waals surface area (Å²) in [5.41, 5.74) is 20.4. The fourth-order valence-corrected chi connectivity index (χ4v) is 5.69. The van der Waals surface area contributed by atoms with Gasteiger partial charge in [-0.05, 0) is 60.2 Å². The maximum Gasteiger partial charge on any atom is 0.131 e. The lowest BCUT2D eigenvalue weighted by atomic mass is 9.95. The Kier molecular flexibility index (Phi) is 10.2. The first-order valence-corrected chi connectivity index (χ1v) is 14.7. The standard InChI is InChI=1S/C33H47N5/c1-4-6-7-8-10-25(3)37-17-19-38(20-18-37)31-15-13-26(14-16-31)30-22-32(33(35)36-24-30)28-11-12-29(23-34)27(21-28)9-5-2/h11-16,21-22,24-25H,4-10,17-20,23,34H2,1-3H3,(H2,35,36). The monoisotopic (exact) mass is 513 g/mol. The number of pyridine rings is 1. The highest BCUT2D eigenvalue weighted by atomic mass is 15.3. The molecule has 0 radical (unpaired) electrons. The van der Waals surface area contributed by atoms with E-state index in [1.54, 1.807) is 0 Å². The van der Waals surface area contributed by atoms with Gasteiger partial charge >= 0.3 is 0 Å². The van der Waals surface area contributed by atoms with Crippen LogP contribution in [0.4, 0.5) is 11.5 Å². The van der Waals surface area contributed by atoms with Gasteiger partial charge in [-0.15, -0.1) is 0 Å². The predicted molar refractivity (Wildman–Crippen MR) is 163 cm³/mol. The minimum atomic E-state index is 0.558. The molecule has 1 saturated heterocycles. The molecule has 2 heterocycles. The number of nitrogens with two attached hydrogens (primary N) is 2. The molecular weight excluding hydrogens is 466 g/mol. The van der Waals surface area contributed by atoms with Crippen molar-refractivity contribution in [3.05, 3.63) is 65.9 Å². The molecule has 1 aliphatic heterocycles. The smallest absolute Gasteiger partial charge is 0.131 e. The minimum absolute atomic E-state index is 0.558. The zero-order valence-corrected chi connectivity index (χ0v) is 23.8. The summed E-state index contributed by atoms with van der Waals surface area (Å²) in [4.78, 5) is 9.75. The summed E-state index contributed by atoms with van der Waals surface area (Å²) in [7, 11) is 0. The highest BCUT2D eigenvalue weighted by molar-refractivity contribution is 5.80. The average Bonchev–Trinajstić information content (AvgIpc) is 2.96. The normalized spacial score (nSPS) is 15.1. The van der Waals surface area contributed by atoms with Crippen LogP contribution >= 0.6 is 0 Å². The van der Waals surface area contributed by atoms with E-state index in [1.165, 1.54) is 48.9 Å². The summed E-state index contributed by atoms with van der Waals surface area (Å²) in [6.07, 6.45) is 10.7. The average molecular weight is 514 g/mol. The van der Waals surface area contributed by atoms with E-state index in [1.807, 2.05) is 6.20 Å². The van der Waals surface area contributed by atoms with Crippen molar-refractivity contribution in [1.82, 2.24) is 9.88 Å². The molecule has 204 valence electrons. The van der Waals surface area contributed by atoms with E-state index < -0.39 is 0 Å². The van der Waals surface area contributed by atoms with Crippen molar-refractivity contribution in [2.24, 2.45) is 5.73 Å². The van der Waals surface area contributed by atoms with E-state index in [0.29, 0.717) is 18.4 Å². The molecule has 0 bridgehead atoms. The maximum absolute atomic E-state index is 6.34. The molecule has 1 aromatic heterocycles. The zero-order chi connectivity index (χ0) is 26.9. The van der Waals surface area contributed by atoms with Crippen LogP contribution in [0.1, 0.15) is 70.4 Å². The van der Waals surface area contributed by atoms with Gasteiger partial charge < -0.3 is 16.4 Å². The SMILES string of the molecule is CCCCCCC(C)N1CCN(c2ccc(-c3cnc(N)c(-c4ccc(CN)c(CCC)c4)c3)cc2)CC1. The number of nitrogens with zero attached hydrogens (tertiary/aromatic N) is 3. The number of aryl methyl sites for hydroxylation is 1. The largest absolute Gasteiger partial charge is 0.383 e. The third kappa shape index (κ3) is 6.95. The highest BCUT2D eigenvalue weighted by Gasteiger charge is 2.21. The Labute approximate surface area is 230 Å². The van der Waals surface area contributed by atoms with Gasteiger partial charge in [0.05, 0.1) is 0 Å². The van der Waals surface area contributed by atoms with Crippen molar-refractivity contribution < 1.29 is 0 Å². The maximum atomic E-state index is 6.34. The van der Waals surface area contributed by atoms with Gasteiger partial charge in [-0.25, -0.2) is 4.98 Å². The molecule has 1 unspecified atom stereocenters. The summed E-state index contributed by atoms with van der Waals surface area (Å²) in [6, 6.07) is 18.3. The summed E-state index contributed by atoms with van der Waals surface area (Å²) >= 11 is 0. The Morgan fingerprint density at radius 2 is 1.55 bits per heavy atom. The molecule has 38 heavy (non-hydrogen) atoms. The minimum Gasteiger partial charge on any atom is -0.383 e. The molecule has 0 spiro atoms. The molecule has 5 nitrogen and oxygen atoms in total. The number of rotatable bonds is 12. The second-order valence-electron chi connectivity index (χ2n) is 10.9. The van der Waals surface area contributed by atoms with E-state index in [0.717, 1.165) is 61.3 Å². The van der Waals surface area contributed by atoms with Crippen LogP contribution < -0.4 is 16.4 Å². The van der Waals surface area contributed by atoms with Crippen LogP contribution in [0.2, 0.25) is 0 Å². The van der Waals surface area contributed by atoms with Gasteiger partial charge in [0.1, 0.15) is 5.82 Å². The number of piperazine rings is 1. The fourth-order valence-electron chi connectivity index (χ4n) is 5.69. The van der Waals surface area contributed by atoms with Gasteiger partial charge in [-0.2, -0.15) is 0 Å². The summed E-state index contributed by atoms with van der Waals surface area (Å²) in [5.74, 6) is 0.561. The van der Waals surface area contributed by atoms with Crippen LogP contribution in [0.5, 0.6) is 0 Å². The van der Waals surface area contributed by atoms with Crippen LogP contribution in [-0.4, -0.2) is 42.1 Å². The Balaban J connectivity index is 1.42. The van der Waals surface area contributed by atoms with Gasteiger partial charge in [0.25, 0.3) is 0 Å². The molecule has 1 aliphatic rings. The second-order valence-corrected chi connectivity index (χ2v) is 10.9. The number of unbranched alkanes of at least 4 members (excludes halogenated alkanes) is 3. The van der Waals surface area contributed by atoms with Crippen LogP contribution in [0, 0.1) is 0 Å². The predicted octanol–water partition coefficient (Wildman–Crippen LogP) is 6.89. The molecule has 3 aromatic rings. The number of hydrogen-bond acceptors (Lipinski definition) is 5. The van der Waals surface area contributed by atoms with Crippen molar-refractivity contribution in [3.63, 3.8) is 0 Å². The zero-order valence-electron chi connectivity index (χ0n) is 23.8. The Hall–Kier alpha value is -2.89. The first-order valence-electron chi connectivity index (χ1n) is 14.7. The van der Waals surface area contributed by atoms with E-state index in [2.05, 4.69) is 84.1 Å². The topological polar surface area (TPSA) is 71.4 Å². The second kappa shape index (κ2) is 13.8. The van der Waals surface area contributed by atoms with Crippen LogP contribution in [0.15, 0.2) is 54.7 Å². The summed E-state index contributed by atoms with van der Waals surface area (Å²) in [6.45, 7) is 11.9. The molecule has 1 fully saturated rings. The van der Waals surface area contributed by atoms with Gasteiger partial charge in [-0.1, -0.05) is 76.3 Å². The van der Waals surface area contributed by atoms with Gasteiger partial charge in [0.2, 0.25) is 0 Å². The lowest BCUT2D eigenvalue weighted by molar-refractivity contribution is 0.185. The van der Waals surface area contributed by atoms with Crippen molar-refractivity contribution in [2.75, 3.05) is 36.8 Å². The van der Waals surface area contributed by atoms with Crippen molar-refractivity contribution in [2.45, 2.75) is 78.3 Å². The Morgan fingerprint density at radius 1 is 0.816 bits per heavy atom. The quantitative estimate of drug-likeness (QED) is 0.258. The van der Waals surface area contributed by atoms with Crippen molar-refractivity contribution in [3.8, 4) is 22.3 Å². The molecule has 4 rings (SSSR count). The van der Waals surface area contributed by atoms with Crippen LogP contribution in [0.25, 0.3) is 22.3 Å². The van der Waals surface area contributed by atoms with Gasteiger partial charge in [0, 0.05) is 61.8 Å². The fraction of sp³-hybridized carbons (Fsp3) is 0.485. The number of nitrogen functional groups attached to an aromatic ring is 1. The number of hydrogen-bond donors (Lipinski definition) is 2. The number of anilines is 2. The Bertz CT molecular complexity index is 1150. The van der Waals surface area contributed by atoms with Crippen LogP contribution in [0.3, 0.4) is 0 Å². The summed E-state index contributed by atoms with van der Waals surface area (Å²) in [5, 5.41) is 0.